The average Bonchev–Trinajstić information content (AvgIpc) is 2.94. The summed E-state index contributed by atoms with van der Waals surface area (Å²) < 4.78 is 3.57. The molecule has 0 bridgehead atoms. The number of thiophene rings is 1. The summed E-state index contributed by atoms with van der Waals surface area (Å²) in [7, 11) is 0. The highest BCUT2D eigenvalue weighted by atomic mass is 79.9. The lowest BCUT2D eigenvalue weighted by Crippen LogP contribution is -2.22. The van der Waals surface area contributed by atoms with Crippen LogP contribution in [0.1, 0.15) is 24.1 Å². The molecular formula is C17H15Br2NS. The number of benzene rings is 2. The molecule has 108 valence electrons. The van der Waals surface area contributed by atoms with Crippen molar-refractivity contribution in [1.82, 2.24) is 5.32 Å². The van der Waals surface area contributed by atoms with Crippen LogP contribution in [0.2, 0.25) is 0 Å². The summed E-state index contributed by atoms with van der Waals surface area (Å²) in [5, 5.41) is 7.09. The van der Waals surface area contributed by atoms with Crippen LogP contribution in [0.5, 0.6) is 0 Å². The van der Waals surface area contributed by atoms with Crippen molar-refractivity contribution in [2.75, 3.05) is 6.54 Å². The normalized spacial score (nSPS) is 12.7. The van der Waals surface area contributed by atoms with Crippen LogP contribution in [-0.2, 0) is 0 Å². The van der Waals surface area contributed by atoms with Crippen LogP contribution in [0, 0.1) is 0 Å². The Morgan fingerprint density at radius 3 is 2.71 bits per heavy atom. The second kappa shape index (κ2) is 6.61. The molecule has 0 radical (unpaired) electrons. The Morgan fingerprint density at radius 1 is 1.10 bits per heavy atom. The van der Waals surface area contributed by atoms with Crippen molar-refractivity contribution in [3.63, 3.8) is 0 Å². The first-order chi connectivity index (χ1) is 10.2. The van der Waals surface area contributed by atoms with Gasteiger partial charge in [-0.05, 0) is 46.6 Å². The summed E-state index contributed by atoms with van der Waals surface area (Å²) >= 11 is 9.04. The minimum absolute atomic E-state index is 0.194. The fourth-order valence-corrected chi connectivity index (χ4v) is 4.79. The molecule has 1 aromatic heterocycles. The van der Waals surface area contributed by atoms with Crippen molar-refractivity contribution >= 4 is 53.3 Å². The Hall–Kier alpha value is -0.680. The molecule has 1 unspecified atom stereocenters. The molecule has 0 amide bonds. The SMILES string of the molecule is CCNC(c1ccc(Br)cc1Br)c1cccc2ccsc12. The van der Waals surface area contributed by atoms with Crippen molar-refractivity contribution in [2.24, 2.45) is 0 Å². The van der Waals surface area contributed by atoms with Gasteiger partial charge in [-0.2, -0.15) is 0 Å². The van der Waals surface area contributed by atoms with Gasteiger partial charge in [0.2, 0.25) is 0 Å². The monoisotopic (exact) mass is 423 g/mol. The largest absolute Gasteiger partial charge is 0.306 e. The van der Waals surface area contributed by atoms with Crippen LogP contribution in [-0.4, -0.2) is 6.54 Å². The topological polar surface area (TPSA) is 12.0 Å². The van der Waals surface area contributed by atoms with Crippen LogP contribution in [0.4, 0.5) is 0 Å². The predicted octanol–water partition coefficient (Wildman–Crippen LogP) is 6.13. The van der Waals surface area contributed by atoms with E-state index in [-0.39, 0.29) is 6.04 Å². The Labute approximate surface area is 145 Å². The zero-order valence-electron chi connectivity index (χ0n) is 11.6. The first-order valence-corrected chi connectivity index (χ1v) is 9.31. The van der Waals surface area contributed by atoms with Gasteiger partial charge in [-0.25, -0.2) is 0 Å². The lowest BCUT2D eigenvalue weighted by molar-refractivity contribution is 0.633. The third-order valence-corrected chi connectivity index (χ3v) is 5.66. The Kier molecular flexibility index (Phi) is 4.79. The molecule has 21 heavy (non-hydrogen) atoms. The number of nitrogens with one attached hydrogen (secondary N) is 1. The lowest BCUT2D eigenvalue weighted by Gasteiger charge is -2.21. The summed E-state index contributed by atoms with van der Waals surface area (Å²) in [5.74, 6) is 0. The molecule has 0 spiro atoms. The van der Waals surface area contributed by atoms with Gasteiger partial charge in [0.1, 0.15) is 0 Å². The number of hydrogen-bond donors (Lipinski definition) is 1. The van der Waals surface area contributed by atoms with Crippen molar-refractivity contribution < 1.29 is 0 Å². The smallest absolute Gasteiger partial charge is 0.0601 e. The highest BCUT2D eigenvalue weighted by Crippen LogP contribution is 2.36. The van der Waals surface area contributed by atoms with E-state index in [4.69, 9.17) is 0 Å². The van der Waals surface area contributed by atoms with E-state index in [2.05, 4.69) is 91.9 Å². The van der Waals surface area contributed by atoms with E-state index in [0.29, 0.717) is 0 Å². The van der Waals surface area contributed by atoms with E-state index >= 15 is 0 Å². The molecule has 0 aliphatic carbocycles. The second-order valence-corrected chi connectivity index (χ2v) is 7.53. The van der Waals surface area contributed by atoms with Crippen molar-refractivity contribution in [1.29, 1.82) is 0 Å². The fraction of sp³-hybridized carbons (Fsp3) is 0.176. The molecule has 0 aliphatic rings. The molecule has 1 nitrogen and oxygen atoms in total. The van der Waals surface area contributed by atoms with Crippen molar-refractivity contribution in [2.45, 2.75) is 13.0 Å². The molecule has 3 aromatic rings. The van der Waals surface area contributed by atoms with Gasteiger partial charge in [-0.3, -0.25) is 0 Å². The molecule has 2 aromatic carbocycles. The van der Waals surface area contributed by atoms with Crippen LogP contribution >= 0.6 is 43.2 Å². The van der Waals surface area contributed by atoms with Crippen LogP contribution in [0.3, 0.4) is 0 Å². The first kappa shape index (κ1) is 15.2. The Bertz CT molecular complexity index is 766. The van der Waals surface area contributed by atoms with Gasteiger partial charge in [0.25, 0.3) is 0 Å². The third kappa shape index (κ3) is 3.09. The van der Waals surface area contributed by atoms with Gasteiger partial charge in [0, 0.05) is 13.6 Å². The summed E-state index contributed by atoms with van der Waals surface area (Å²) in [5.41, 5.74) is 2.60. The van der Waals surface area contributed by atoms with Gasteiger partial charge in [-0.15, -0.1) is 11.3 Å². The molecular weight excluding hydrogens is 410 g/mol. The van der Waals surface area contributed by atoms with Crippen LogP contribution in [0.25, 0.3) is 10.1 Å². The molecule has 1 N–H and O–H groups in total. The third-order valence-electron chi connectivity index (χ3n) is 3.50. The average molecular weight is 425 g/mol. The van der Waals surface area contributed by atoms with Crippen molar-refractivity contribution in [3.8, 4) is 0 Å². The van der Waals surface area contributed by atoms with E-state index in [9.17, 15) is 0 Å². The van der Waals surface area contributed by atoms with Gasteiger partial charge >= 0.3 is 0 Å². The number of hydrogen-bond acceptors (Lipinski definition) is 2. The maximum absolute atomic E-state index is 3.70. The highest BCUT2D eigenvalue weighted by Gasteiger charge is 2.18. The Morgan fingerprint density at radius 2 is 1.95 bits per heavy atom. The summed E-state index contributed by atoms with van der Waals surface area (Å²) in [6.45, 7) is 3.07. The van der Waals surface area contributed by atoms with E-state index in [1.54, 1.807) is 0 Å². The molecule has 0 fully saturated rings. The first-order valence-electron chi connectivity index (χ1n) is 6.85. The minimum atomic E-state index is 0.194. The second-order valence-electron chi connectivity index (χ2n) is 4.84. The standard InChI is InChI=1S/C17H15Br2NS/c1-2-20-16(13-7-6-12(18)10-15(13)19)14-5-3-4-11-8-9-21-17(11)14/h3-10,16,20H,2H2,1H3. The fourth-order valence-electron chi connectivity index (χ4n) is 2.57. The summed E-state index contributed by atoms with van der Waals surface area (Å²) in [6.07, 6.45) is 0. The highest BCUT2D eigenvalue weighted by molar-refractivity contribution is 9.11. The van der Waals surface area contributed by atoms with Crippen molar-refractivity contribution in [3.05, 3.63) is 67.9 Å². The molecule has 4 heteroatoms. The van der Waals surface area contributed by atoms with Gasteiger partial charge < -0.3 is 5.32 Å². The quantitative estimate of drug-likeness (QED) is 0.531. The van der Waals surface area contributed by atoms with Crippen LogP contribution in [0.15, 0.2) is 56.8 Å². The molecule has 3 rings (SSSR count). The van der Waals surface area contributed by atoms with E-state index in [1.165, 1.54) is 21.2 Å². The molecule has 1 atom stereocenters. The number of fused-ring (bicyclic) bond motifs is 1. The lowest BCUT2D eigenvalue weighted by atomic mass is 9.97. The van der Waals surface area contributed by atoms with Gasteiger partial charge in [0.05, 0.1) is 6.04 Å². The predicted molar refractivity (Wildman–Crippen MR) is 99.2 cm³/mol. The molecule has 0 saturated carbocycles. The summed E-state index contributed by atoms with van der Waals surface area (Å²) in [6, 6.07) is 15.3. The van der Waals surface area contributed by atoms with E-state index in [1.807, 2.05) is 11.3 Å². The maximum atomic E-state index is 3.70. The molecule has 0 saturated heterocycles. The Balaban J connectivity index is 2.15. The van der Waals surface area contributed by atoms with Gasteiger partial charge in [-0.1, -0.05) is 63.0 Å². The summed E-state index contributed by atoms with van der Waals surface area (Å²) in [4.78, 5) is 0. The zero-order chi connectivity index (χ0) is 14.8. The minimum Gasteiger partial charge on any atom is -0.306 e. The number of rotatable bonds is 4. The molecule has 1 heterocycles. The van der Waals surface area contributed by atoms with E-state index in [0.717, 1.165) is 15.5 Å². The molecule has 0 aliphatic heterocycles. The van der Waals surface area contributed by atoms with E-state index < -0.39 is 0 Å². The van der Waals surface area contributed by atoms with Gasteiger partial charge in [0.15, 0.2) is 0 Å². The number of halogens is 2. The van der Waals surface area contributed by atoms with Crippen LogP contribution < -0.4 is 5.32 Å². The maximum Gasteiger partial charge on any atom is 0.0601 e. The zero-order valence-corrected chi connectivity index (χ0v) is 15.6.